The summed E-state index contributed by atoms with van der Waals surface area (Å²) in [5.41, 5.74) is 8.66. The number of benzene rings is 2. The molecular weight excluding hydrogens is 423 g/mol. The van der Waals surface area contributed by atoms with Crippen molar-refractivity contribution in [1.29, 1.82) is 0 Å². The molecule has 3 atom stereocenters. The van der Waals surface area contributed by atoms with Gasteiger partial charge in [-0.3, -0.25) is 0 Å². The Kier molecular flexibility index (Phi) is 5.23. The molecule has 0 saturated carbocycles. The van der Waals surface area contributed by atoms with Crippen LogP contribution in [0.4, 0.5) is 15.9 Å². The molecule has 30 heavy (non-hydrogen) atoms. The summed E-state index contributed by atoms with van der Waals surface area (Å²) >= 11 is 5.21. The van der Waals surface area contributed by atoms with Gasteiger partial charge in [0.1, 0.15) is 17.7 Å². The lowest BCUT2D eigenvalue weighted by atomic mass is 10.1. The van der Waals surface area contributed by atoms with Crippen LogP contribution in [0.5, 0.6) is 0 Å². The number of hydrogen-bond donors (Lipinski definition) is 1. The topological polar surface area (TPSA) is 68.5 Å². The van der Waals surface area contributed by atoms with Crippen LogP contribution in [0, 0.1) is 0 Å². The number of aromatic nitrogens is 1. The van der Waals surface area contributed by atoms with E-state index in [0.29, 0.717) is 30.4 Å². The summed E-state index contributed by atoms with van der Waals surface area (Å²) in [4.78, 5) is 9.87. The minimum absolute atomic E-state index is 0.249. The van der Waals surface area contributed by atoms with Crippen molar-refractivity contribution in [2.24, 2.45) is 5.73 Å². The summed E-state index contributed by atoms with van der Waals surface area (Å²) in [6, 6.07) is 14.9. The number of hydrogen-bond acceptors (Lipinski definition) is 5. The van der Waals surface area contributed by atoms with Gasteiger partial charge >= 0.3 is 0 Å². The van der Waals surface area contributed by atoms with Crippen molar-refractivity contribution in [3.63, 3.8) is 0 Å². The molecule has 5 nitrogen and oxygen atoms in total. The molecule has 0 amide bonds. The highest BCUT2D eigenvalue weighted by atomic mass is 35.5. The summed E-state index contributed by atoms with van der Waals surface area (Å²) < 4.78 is 26.9. The van der Waals surface area contributed by atoms with Crippen LogP contribution < -0.4 is 15.5 Å². The lowest BCUT2D eigenvalue weighted by Gasteiger charge is -2.25. The zero-order valence-electron chi connectivity index (χ0n) is 16.3. The zero-order chi connectivity index (χ0) is 20.8. The molecule has 0 bridgehead atoms. The van der Waals surface area contributed by atoms with Crippen molar-refractivity contribution in [1.82, 2.24) is 4.98 Å². The molecule has 1 saturated heterocycles. The van der Waals surface area contributed by atoms with E-state index in [-0.39, 0.29) is 6.54 Å². The van der Waals surface area contributed by atoms with E-state index in [1.807, 2.05) is 53.4 Å². The number of halogens is 2. The number of nitrogens with zero attached hydrogens (tertiary/aromatic N) is 3. The Hall–Kier alpha value is -2.06. The summed E-state index contributed by atoms with van der Waals surface area (Å²) in [7, 11) is 0. The molecule has 3 aromatic rings. The van der Waals surface area contributed by atoms with Gasteiger partial charge in [-0.25, -0.2) is 9.37 Å². The van der Waals surface area contributed by atoms with E-state index in [1.54, 1.807) is 0 Å². The van der Waals surface area contributed by atoms with Crippen LogP contribution >= 0.6 is 11.6 Å². The molecule has 0 spiro atoms. The summed E-state index contributed by atoms with van der Waals surface area (Å²) in [6.45, 7) is 1.94. The Morgan fingerprint density at radius 1 is 1.13 bits per heavy atom. The summed E-state index contributed by atoms with van der Waals surface area (Å²) in [5, 5.41) is 1.49. The van der Waals surface area contributed by atoms with Crippen molar-refractivity contribution in [2.45, 2.75) is 23.7 Å². The largest absolute Gasteiger partial charge is 0.611 e. The Morgan fingerprint density at radius 3 is 2.77 bits per heavy atom. The van der Waals surface area contributed by atoms with E-state index in [9.17, 15) is 8.94 Å². The first-order valence-electron chi connectivity index (χ1n) is 9.96. The molecule has 2 aliphatic heterocycles. The van der Waals surface area contributed by atoms with E-state index in [1.165, 1.54) is 0 Å². The van der Waals surface area contributed by atoms with Gasteiger partial charge in [0.2, 0.25) is 0 Å². The van der Waals surface area contributed by atoms with Crippen LogP contribution in [0.1, 0.15) is 5.56 Å². The molecule has 1 fully saturated rings. The fourth-order valence-electron chi connectivity index (χ4n) is 4.22. The number of pyridine rings is 1. The van der Waals surface area contributed by atoms with Crippen molar-refractivity contribution in [2.75, 3.05) is 35.2 Å². The highest BCUT2D eigenvalue weighted by Crippen LogP contribution is 2.35. The summed E-state index contributed by atoms with van der Waals surface area (Å²) in [5.74, 6) is 1.32. The number of anilines is 2. The summed E-state index contributed by atoms with van der Waals surface area (Å²) in [6.07, 6.45) is -1.07. The minimum atomic E-state index is -1.07. The van der Waals surface area contributed by atoms with Gasteiger partial charge in [0.05, 0.1) is 30.3 Å². The van der Waals surface area contributed by atoms with Crippen LogP contribution in [0.3, 0.4) is 0 Å². The number of nitrogens with two attached hydrogens (primary N) is 1. The highest BCUT2D eigenvalue weighted by molar-refractivity contribution is 7.91. The van der Waals surface area contributed by atoms with Crippen molar-refractivity contribution < 1.29 is 8.94 Å². The Bertz CT molecular complexity index is 1090. The van der Waals surface area contributed by atoms with E-state index >= 15 is 0 Å². The second-order valence-corrected chi connectivity index (χ2v) is 9.80. The van der Waals surface area contributed by atoms with Gasteiger partial charge in [-0.05, 0) is 35.4 Å². The third kappa shape index (κ3) is 3.60. The molecule has 5 rings (SSSR count). The third-order valence-corrected chi connectivity index (χ3v) is 7.49. The molecular formula is C22H22ClFN4OS. The van der Waals surface area contributed by atoms with Crippen LogP contribution in [-0.2, 0) is 17.7 Å². The average Bonchev–Trinajstić information content (AvgIpc) is 2.98. The Labute approximate surface area is 182 Å². The van der Waals surface area contributed by atoms with Crippen molar-refractivity contribution in [3.05, 3.63) is 59.1 Å². The quantitative estimate of drug-likeness (QED) is 0.613. The van der Waals surface area contributed by atoms with Gasteiger partial charge in [0.15, 0.2) is 4.90 Å². The predicted octanol–water partition coefficient (Wildman–Crippen LogP) is 3.50. The molecule has 2 aromatic carbocycles. The Balaban J connectivity index is 1.59. The second kappa shape index (κ2) is 7.89. The SMILES string of the molecule is N[C@@H]1CN(c2cc(N3CC[S+]([O-])c4ccccc4C3)nc3ccc(Cl)cc23)C[C@H]1F. The van der Waals surface area contributed by atoms with E-state index in [4.69, 9.17) is 22.3 Å². The molecule has 2 aliphatic rings. The van der Waals surface area contributed by atoms with Crippen LogP contribution in [0.25, 0.3) is 10.9 Å². The predicted molar refractivity (Wildman–Crippen MR) is 121 cm³/mol. The van der Waals surface area contributed by atoms with Gasteiger partial charge in [-0.15, -0.1) is 0 Å². The number of fused-ring (bicyclic) bond motifs is 2. The average molecular weight is 445 g/mol. The van der Waals surface area contributed by atoms with Crippen LogP contribution in [0.2, 0.25) is 5.02 Å². The third-order valence-electron chi connectivity index (χ3n) is 5.82. The normalized spacial score (nSPS) is 24.2. The Morgan fingerprint density at radius 2 is 1.97 bits per heavy atom. The lowest BCUT2D eigenvalue weighted by Crippen LogP contribution is -2.30. The molecule has 0 aliphatic carbocycles. The van der Waals surface area contributed by atoms with Gasteiger partial charge in [0, 0.05) is 35.1 Å². The van der Waals surface area contributed by atoms with Crippen molar-refractivity contribution in [3.8, 4) is 0 Å². The zero-order valence-corrected chi connectivity index (χ0v) is 17.9. The minimum Gasteiger partial charge on any atom is -0.611 e. The second-order valence-electron chi connectivity index (χ2n) is 7.82. The molecule has 8 heteroatoms. The standard InChI is InChI=1S/C22H22ClFN4OS/c23-15-5-6-19-16(9-15)20(28-12-17(24)18(25)13-28)10-22(26-19)27-7-8-30(29)21-4-2-1-3-14(21)11-27/h1-6,9-10,17-18H,7-8,11-13,25H2/t17-,18-,30?/m1/s1. The molecule has 1 unspecified atom stereocenters. The van der Waals surface area contributed by atoms with Gasteiger partial charge < -0.3 is 20.1 Å². The van der Waals surface area contributed by atoms with Crippen LogP contribution in [0.15, 0.2) is 53.4 Å². The first kappa shape index (κ1) is 19.9. The first-order valence-corrected chi connectivity index (χ1v) is 11.7. The van der Waals surface area contributed by atoms with E-state index in [0.717, 1.165) is 32.9 Å². The molecule has 156 valence electrons. The van der Waals surface area contributed by atoms with E-state index < -0.39 is 23.4 Å². The maximum atomic E-state index is 14.2. The molecule has 2 N–H and O–H groups in total. The lowest BCUT2D eigenvalue weighted by molar-refractivity contribution is 0.333. The monoisotopic (exact) mass is 444 g/mol. The fraction of sp³-hybridized carbons (Fsp3) is 0.318. The van der Waals surface area contributed by atoms with Gasteiger partial charge in [-0.1, -0.05) is 29.8 Å². The van der Waals surface area contributed by atoms with Crippen LogP contribution in [-0.4, -0.2) is 47.1 Å². The van der Waals surface area contributed by atoms with Gasteiger partial charge in [0.25, 0.3) is 0 Å². The molecule has 3 heterocycles. The van der Waals surface area contributed by atoms with Gasteiger partial charge in [-0.2, -0.15) is 0 Å². The first-order chi connectivity index (χ1) is 14.5. The molecule has 0 radical (unpaired) electrons. The maximum absolute atomic E-state index is 14.2. The highest BCUT2D eigenvalue weighted by Gasteiger charge is 2.32. The van der Waals surface area contributed by atoms with E-state index in [2.05, 4.69) is 4.90 Å². The smallest absolute Gasteiger partial charge is 0.157 e. The fourth-order valence-corrected chi connectivity index (χ4v) is 5.65. The maximum Gasteiger partial charge on any atom is 0.157 e. The van der Waals surface area contributed by atoms with Crippen molar-refractivity contribution >= 4 is 45.2 Å². The number of alkyl halides is 1. The number of rotatable bonds is 2. The molecule has 1 aromatic heterocycles.